The van der Waals surface area contributed by atoms with E-state index in [1.54, 1.807) is 0 Å². The zero-order chi connectivity index (χ0) is 17.9. The molecule has 3 N–H and O–H groups in total. The maximum atomic E-state index is 12.3. The second-order valence-electron chi connectivity index (χ2n) is 6.68. The van der Waals surface area contributed by atoms with Crippen LogP contribution in [0.25, 0.3) is 10.8 Å². The van der Waals surface area contributed by atoms with Crippen molar-refractivity contribution in [1.82, 2.24) is 5.32 Å². The van der Waals surface area contributed by atoms with Crippen molar-refractivity contribution in [2.24, 2.45) is 5.73 Å². The lowest BCUT2D eigenvalue weighted by molar-refractivity contribution is -0.119. The summed E-state index contributed by atoms with van der Waals surface area (Å²) in [6, 6.07) is 13.4. The van der Waals surface area contributed by atoms with Gasteiger partial charge in [0.05, 0.1) is 11.3 Å². The molecule has 0 saturated heterocycles. The van der Waals surface area contributed by atoms with Crippen molar-refractivity contribution in [3.05, 3.63) is 48.0 Å². The van der Waals surface area contributed by atoms with Crippen molar-refractivity contribution in [1.29, 1.82) is 0 Å². The Kier molecular flexibility index (Phi) is 7.03. The first-order valence-electron chi connectivity index (χ1n) is 8.69. The van der Waals surface area contributed by atoms with Crippen LogP contribution in [0.15, 0.2) is 42.5 Å². The van der Waals surface area contributed by atoms with Gasteiger partial charge in [0.1, 0.15) is 5.75 Å². The van der Waals surface area contributed by atoms with Gasteiger partial charge in [-0.2, -0.15) is 0 Å². The van der Waals surface area contributed by atoms with Crippen LogP contribution in [0.4, 0.5) is 0 Å². The van der Waals surface area contributed by atoms with E-state index in [4.69, 9.17) is 5.73 Å². The third kappa shape index (κ3) is 4.75. The Labute approximate surface area is 160 Å². The zero-order valence-electron chi connectivity index (χ0n) is 14.6. The highest BCUT2D eigenvalue weighted by Gasteiger charge is 2.31. The van der Waals surface area contributed by atoms with Crippen LogP contribution in [-0.2, 0) is 14.6 Å². The lowest BCUT2D eigenvalue weighted by Crippen LogP contribution is -2.38. The highest BCUT2D eigenvalue weighted by molar-refractivity contribution is 7.92. The molecule has 0 heterocycles. The zero-order valence-corrected chi connectivity index (χ0v) is 16.2. The molecule has 142 valence electrons. The predicted molar refractivity (Wildman–Crippen MR) is 107 cm³/mol. The molecule has 1 saturated carbocycles. The smallest absolute Gasteiger partial charge is 0.235 e. The summed E-state index contributed by atoms with van der Waals surface area (Å²) in [4.78, 5) is 12.3. The van der Waals surface area contributed by atoms with Gasteiger partial charge in [0.15, 0.2) is 9.84 Å². The minimum Gasteiger partial charge on any atom is -0.347 e. The Balaban J connectivity index is 0.00000243. The molecule has 0 radical (unpaired) electrons. The standard InChI is InChI=1S/C19H24N2O3S.ClH/c20-12-18(16-10-9-14-5-1-2-6-15(14)11-16)21-19(22)13-25(23,24)17-7-3-4-8-17;/h1-2,5-6,9-11,17-18H,3-4,7-8,12-13,20H2,(H,21,22);1H. The fourth-order valence-corrected chi connectivity index (χ4v) is 5.22. The first-order valence-corrected chi connectivity index (χ1v) is 10.4. The van der Waals surface area contributed by atoms with Gasteiger partial charge in [-0.25, -0.2) is 8.42 Å². The number of nitrogens with two attached hydrogens (primary N) is 1. The molecule has 0 spiro atoms. The molecule has 0 bridgehead atoms. The van der Waals surface area contributed by atoms with E-state index in [1.807, 2.05) is 42.5 Å². The highest BCUT2D eigenvalue weighted by atomic mass is 35.5. The van der Waals surface area contributed by atoms with Crippen LogP contribution < -0.4 is 11.1 Å². The van der Waals surface area contributed by atoms with Gasteiger partial charge in [-0.1, -0.05) is 49.2 Å². The molecule has 1 amide bonds. The molecule has 3 rings (SSSR count). The minimum atomic E-state index is -3.38. The summed E-state index contributed by atoms with van der Waals surface area (Å²) < 4.78 is 24.7. The van der Waals surface area contributed by atoms with Gasteiger partial charge in [0.2, 0.25) is 5.91 Å². The van der Waals surface area contributed by atoms with Gasteiger partial charge in [-0.3, -0.25) is 4.79 Å². The van der Waals surface area contributed by atoms with Crippen molar-refractivity contribution in [2.75, 3.05) is 12.3 Å². The van der Waals surface area contributed by atoms with Gasteiger partial charge >= 0.3 is 0 Å². The van der Waals surface area contributed by atoms with E-state index in [0.29, 0.717) is 12.8 Å². The average Bonchev–Trinajstić information content (AvgIpc) is 3.14. The molecule has 2 aromatic rings. The predicted octanol–water partition coefficient (Wildman–Crippen LogP) is 2.74. The molecule has 0 aliphatic heterocycles. The second kappa shape index (κ2) is 8.84. The lowest BCUT2D eigenvalue weighted by Gasteiger charge is -2.19. The summed E-state index contributed by atoms with van der Waals surface area (Å²) in [6.07, 6.45) is 3.18. The number of benzene rings is 2. The molecule has 0 aromatic heterocycles. The van der Waals surface area contributed by atoms with E-state index >= 15 is 0 Å². The third-order valence-electron chi connectivity index (χ3n) is 4.89. The molecule has 5 nitrogen and oxygen atoms in total. The van der Waals surface area contributed by atoms with Gasteiger partial charge < -0.3 is 11.1 Å². The van der Waals surface area contributed by atoms with Crippen LogP contribution in [0.3, 0.4) is 0 Å². The van der Waals surface area contributed by atoms with Gasteiger partial charge in [0.25, 0.3) is 0 Å². The number of hydrogen-bond acceptors (Lipinski definition) is 4. The summed E-state index contributed by atoms with van der Waals surface area (Å²) in [6.45, 7) is 0.216. The van der Waals surface area contributed by atoms with Crippen LogP contribution in [0.5, 0.6) is 0 Å². The maximum Gasteiger partial charge on any atom is 0.235 e. The number of sulfone groups is 1. The Morgan fingerprint density at radius 3 is 2.42 bits per heavy atom. The van der Waals surface area contributed by atoms with Gasteiger partial charge in [-0.15, -0.1) is 12.4 Å². The molecular formula is C19H25ClN2O3S. The summed E-state index contributed by atoms with van der Waals surface area (Å²) in [5, 5.41) is 4.59. The van der Waals surface area contributed by atoms with Crippen LogP contribution in [-0.4, -0.2) is 31.9 Å². The molecule has 1 atom stereocenters. The van der Waals surface area contributed by atoms with E-state index in [-0.39, 0.29) is 24.2 Å². The second-order valence-corrected chi connectivity index (χ2v) is 8.96. The van der Waals surface area contributed by atoms with Crippen LogP contribution in [0.1, 0.15) is 37.3 Å². The highest BCUT2D eigenvalue weighted by Crippen LogP contribution is 2.25. The molecular weight excluding hydrogens is 372 g/mol. The quantitative estimate of drug-likeness (QED) is 0.785. The average molecular weight is 397 g/mol. The van der Waals surface area contributed by atoms with Gasteiger partial charge in [-0.05, 0) is 35.2 Å². The van der Waals surface area contributed by atoms with E-state index in [2.05, 4.69) is 5.32 Å². The fraction of sp³-hybridized carbons (Fsp3) is 0.421. The number of nitrogens with one attached hydrogen (secondary N) is 1. The topological polar surface area (TPSA) is 89.3 Å². The number of rotatable bonds is 6. The molecule has 2 aromatic carbocycles. The SMILES string of the molecule is Cl.NCC(NC(=O)CS(=O)(=O)C1CCCC1)c1ccc2ccccc2c1. The first-order chi connectivity index (χ1) is 12.0. The van der Waals surface area contributed by atoms with E-state index in [9.17, 15) is 13.2 Å². The Bertz CT molecular complexity index is 864. The number of fused-ring (bicyclic) bond motifs is 1. The number of carbonyl (C=O) groups is 1. The number of halogens is 1. The fourth-order valence-electron chi connectivity index (χ4n) is 3.49. The van der Waals surface area contributed by atoms with E-state index < -0.39 is 27.5 Å². The van der Waals surface area contributed by atoms with E-state index in [0.717, 1.165) is 29.2 Å². The number of amides is 1. The van der Waals surface area contributed by atoms with Crippen molar-refractivity contribution >= 4 is 38.9 Å². The van der Waals surface area contributed by atoms with Crippen LogP contribution in [0, 0.1) is 0 Å². The van der Waals surface area contributed by atoms with Gasteiger partial charge in [0, 0.05) is 6.54 Å². The first kappa shape index (κ1) is 20.7. The number of carbonyl (C=O) groups excluding carboxylic acids is 1. The van der Waals surface area contributed by atoms with E-state index in [1.165, 1.54) is 0 Å². The third-order valence-corrected chi connectivity index (χ3v) is 7.04. The summed E-state index contributed by atoms with van der Waals surface area (Å²) >= 11 is 0. The maximum absolute atomic E-state index is 12.3. The Morgan fingerprint density at radius 1 is 1.12 bits per heavy atom. The molecule has 1 unspecified atom stereocenters. The molecule has 7 heteroatoms. The summed E-state index contributed by atoms with van der Waals surface area (Å²) in [5.41, 5.74) is 6.70. The Morgan fingerprint density at radius 2 is 1.77 bits per heavy atom. The number of hydrogen-bond donors (Lipinski definition) is 2. The molecule has 1 fully saturated rings. The largest absolute Gasteiger partial charge is 0.347 e. The normalized spacial score (nSPS) is 16.2. The monoisotopic (exact) mass is 396 g/mol. The lowest BCUT2D eigenvalue weighted by atomic mass is 10.0. The minimum absolute atomic E-state index is 0. The Hall–Kier alpha value is -1.63. The molecule has 26 heavy (non-hydrogen) atoms. The van der Waals surface area contributed by atoms with Crippen molar-refractivity contribution in [2.45, 2.75) is 37.0 Å². The van der Waals surface area contributed by atoms with Crippen LogP contribution >= 0.6 is 12.4 Å². The van der Waals surface area contributed by atoms with Crippen molar-refractivity contribution < 1.29 is 13.2 Å². The van der Waals surface area contributed by atoms with Crippen LogP contribution in [0.2, 0.25) is 0 Å². The van der Waals surface area contributed by atoms with Crippen molar-refractivity contribution in [3.63, 3.8) is 0 Å². The summed E-state index contributed by atoms with van der Waals surface area (Å²) in [7, 11) is -3.38. The molecule has 1 aliphatic rings. The van der Waals surface area contributed by atoms with Crippen molar-refractivity contribution in [3.8, 4) is 0 Å². The molecule has 1 aliphatic carbocycles. The summed E-state index contributed by atoms with van der Waals surface area (Å²) in [5.74, 6) is -0.933.